The average molecular weight is 301 g/mol. The molecule has 1 amide bonds. The van der Waals surface area contributed by atoms with E-state index in [4.69, 9.17) is 9.47 Å². The molecule has 112 valence electrons. The normalized spacial score (nSPS) is 12.9. The Morgan fingerprint density at radius 1 is 1.27 bits per heavy atom. The fourth-order valence-corrected chi connectivity index (χ4v) is 2.04. The Morgan fingerprint density at radius 2 is 2.09 bits per heavy atom. The summed E-state index contributed by atoms with van der Waals surface area (Å²) < 4.78 is 23.8. The van der Waals surface area contributed by atoms with E-state index in [-0.39, 0.29) is 30.7 Å². The molecule has 1 aliphatic rings. The van der Waals surface area contributed by atoms with Gasteiger partial charge in [-0.2, -0.15) is 0 Å². The molecular formula is C16H12FNO4. The predicted octanol–water partition coefficient (Wildman–Crippen LogP) is 2.42. The van der Waals surface area contributed by atoms with E-state index >= 15 is 0 Å². The number of hydrogen-bond acceptors (Lipinski definition) is 4. The number of carbonyl (C=O) groups is 2. The van der Waals surface area contributed by atoms with Crippen molar-refractivity contribution in [3.05, 3.63) is 53.8 Å². The molecule has 0 aliphatic carbocycles. The summed E-state index contributed by atoms with van der Waals surface area (Å²) in [5.74, 6) is -0.608. The SMILES string of the molecule is O=C1COc2ccc(C(=O)COc3ccccc3F)cc2N1. The van der Waals surface area contributed by atoms with Gasteiger partial charge in [-0.25, -0.2) is 4.39 Å². The highest BCUT2D eigenvalue weighted by atomic mass is 19.1. The maximum Gasteiger partial charge on any atom is 0.262 e. The van der Waals surface area contributed by atoms with Gasteiger partial charge >= 0.3 is 0 Å². The Balaban J connectivity index is 1.72. The van der Waals surface area contributed by atoms with Gasteiger partial charge in [0.1, 0.15) is 5.75 Å². The largest absolute Gasteiger partial charge is 0.482 e. The number of halogens is 1. The lowest BCUT2D eigenvalue weighted by Crippen LogP contribution is -2.25. The van der Waals surface area contributed by atoms with Crippen LogP contribution in [-0.2, 0) is 4.79 Å². The summed E-state index contributed by atoms with van der Waals surface area (Å²) in [5, 5.41) is 2.62. The number of ether oxygens (including phenoxy) is 2. The van der Waals surface area contributed by atoms with E-state index < -0.39 is 5.82 Å². The Hall–Kier alpha value is -2.89. The fraction of sp³-hybridized carbons (Fsp3) is 0.125. The Kier molecular flexibility index (Phi) is 3.74. The molecule has 5 nitrogen and oxygen atoms in total. The zero-order valence-corrected chi connectivity index (χ0v) is 11.5. The minimum atomic E-state index is -0.526. The highest BCUT2D eigenvalue weighted by molar-refractivity contribution is 6.01. The van der Waals surface area contributed by atoms with E-state index in [1.54, 1.807) is 18.2 Å². The number of hydrogen-bond donors (Lipinski definition) is 1. The van der Waals surface area contributed by atoms with Crippen LogP contribution in [0, 0.1) is 5.82 Å². The van der Waals surface area contributed by atoms with Gasteiger partial charge < -0.3 is 14.8 Å². The van der Waals surface area contributed by atoms with Crippen LogP contribution in [0.25, 0.3) is 0 Å². The van der Waals surface area contributed by atoms with Crippen molar-refractivity contribution in [3.8, 4) is 11.5 Å². The van der Waals surface area contributed by atoms with Gasteiger partial charge in [0, 0.05) is 5.56 Å². The van der Waals surface area contributed by atoms with Crippen molar-refractivity contribution in [2.24, 2.45) is 0 Å². The average Bonchev–Trinajstić information content (AvgIpc) is 2.53. The first kappa shape index (κ1) is 14.1. The highest BCUT2D eigenvalue weighted by Gasteiger charge is 2.18. The highest BCUT2D eigenvalue weighted by Crippen LogP contribution is 2.28. The molecule has 22 heavy (non-hydrogen) atoms. The van der Waals surface area contributed by atoms with Gasteiger partial charge in [0.05, 0.1) is 5.69 Å². The summed E-state index contributed by atoms with van der Waals surface area (Å²) in [6.07, 6.45) is 0. The number of Topliss-reactive ketones (excluding diaryl/α,β-unsaturated/α-hetero) is 1. The van der Waals surface area contributed by atoms with E-state index in [1.807, 2.05) is 0 Å². The van der Waals surface area contributed by atoms with Crippen molar-refractivity contribution in [1.82, 2.24) is 0 Å². The summed E-state index contributed by atoms with van der Waals surface area (Å²) in [6.45, 7) is -0.342. The number of nitrogens with one attached hydrogen (secondary N) is 1. The third kappa shape index (κ3) is 2.90. The van der Waals surface area contributed by atoms with Crippen molar-refractivity contribution in [2.45, 2.75) is 0 Å². The minimum Gasteiger partial charge on any atom is -0.482 e. The zero-order valence-electron chi connectivity index (χ0n) is 11.5. The van der Waals surface area contributed by atoms with E-state index in [2.05, 4.69) is 5.32 Å². The molecule has 2 aromatic carbocycles. The van der Waals surface area contributed by atoms with Gasteiger partial charge in [-0.05, 0) is 30.3 Å². The van der Waals surface area contributed by atoms with Crippen molar-refractivity contribution in [1.29, 1.82) is 0 Å². The number of ketones is 1. The molecule has 0 saturated carbocycles. The molecule has 0 radical (unpaired) electrons. The molecule has 3 rings (SSSR count). The lowest BCUT2D eigenvalue weighted by Gasteiger charge is -2.18. The number of benzene rings is 2. The van der Waals surface area contributed by atoms with Gasteiger partial charge in [-0.3, -0.25) is 9.59 Å². The van der Waals surface area contributed by atoms with Crippen molar-refractivity contribution in [2.75, 3.05) is 18.5 Å². The molecule has 0 saturated heterocycles. The Morgan fingerprint density at radius 3 is 2.91 bits per heavy atom. The summed E-state index contributed by atoms with van der Waals surface area (Å²) in [6, 6.07) is 10.5. The molecule has 0 aromatic heterocycles. The van der Waals surface area contributed by atoms with Crippen LogP contribution in [0.15, 0.2) is 42.5 Å². The number of para-hydroxylation sites is 1. The molecule has 0 fully saturated rings. The maximum absolute atomic E-state index is 13.4. The lowest BCUT2D eigenvalue weighted by molar-refractivity contribution is -0.118. The molecule has 0 bridgehead atoms. The number of amides is 1. The molecule has 1 N–H and O–H groups in total. The van der Waals surface area contributed by atoms with E-state index in [0.717, 1.165) is 0 Å². The van der Waals surface area contributed by atoms with Gasteiger partial charge in [0.2, 0.25) is 0 Å². The molecule has 1 heterocycles. The summed E-state index contributed by atoms with van der Waals surface area (Å²) in [5.41, 5.74) is 0.786. The minimum absolute atomic E-state index is 0.0189. The maximum atomic E-state index is 13.4. The number of fused-ring (bicyclic) bond motifs is 1. The first-order valence-corrected chi connectivity index (χ1v) is 6.61. The number of anilines is 1. The summed E-state index contributed by atoms with van der Waals surface area (Å²) in [7, 11) is 0. The second kappa shape index (κ2) is 5.85. The Labute approximate surface area is 125 Å². The number of carbonyl (C=O) groups excluding carboxylic acids is 2. The molecule has 6 heteroatoms. The van der Waals surface area contributed by atoms with E-state index in [9.17, 15) is 14.0 Å². The van der Waals surface area contributed by atoms with Crippen LogP contribution in [0.4, 0.5) is 10.1 Å². The molecular weight excluding hydrogens is 289 g/mol. The summed E-state index contributed by atoms with van der Waals surface area (Å²) >= 11 is 0. The first-order valence-electron chi connectivity index (χ1n) is 6.61. The quantitative estimate of drug-likeness (QED) is 0.881. The lowest BCUT2D eigenvalue weighted by atomic mass is 10.1. The van der Waals surface area contributed by atoms with Crippen LogP contribution in [0.5, 0.6) is 11.5 Å². The molecule has 2 aromatic rings. The fourth-order valence-electron chi connectivity index (χ4n) is 2.04. The van der Waals surface area contributed by atoms with Gasteiger partial charge in [-0.1, -0.05) is 12.1 Å². The smallest absolute Gasteiger partial charge is 0.262 e. The third-order valence-corrected chi connectivity index (χ3v) is 3.13. The van der Waals surface area contributed by atoms with Crippen LogP contribution < -0.4 is 14.8 Å². The summed E-state index contributed by atoms with van der Waals surface area (Å²) in [4.78, 5) is 23.4. The second-order valence-electron chi connectivity index (χ2n) is 4.69. The molecule has 1 aliphatic heterocycles. The van der Waals surface area contributed by atoms with Gasteiger partial charge in [0.15, 0.2) is 30.6 Å². The van der Waals surface area contributed by atoms with Crippen molar-refractivity contribution < 1.29 is 23.5 Å². The molecule has 0 unspecified atom stereocenters. The van der Waals surface area contributed by atoms with Crippen molar-refractivity contribution in [3.63, 3.8) is 0 Å². The van der Waals surface area contributed by atoms with Crippen molar-refractivity contribution >= 4 is 17.4 Å². The van der Waals surface area contributed by atoms with Gasteiger partial charge in [-0.15, -0.1) is 0 Å². The first-order chi connectivity index (χ1) is 10.6. The monoisotopic (exact) mass is 301 g/mol. The number of rotatable bonds is 4. The third-order valence-electron chi connectivity index (χ3n) is 3.13. The second-order valence-corrected chi connectivity index (χ2v) is 4.69. The van der Waals surface area contributed by atoms with Crippen LogP contribution in [0.3, 0.4) is 0 Å². The van der Waals surface area contributed by atoms with E-state index in [1.165, 1.54) is 24.3 Å². The van der Waals surface area contributed by atoms with Crippen LogP contribution in [0.2, 0.25) is 0 Å². The van der Waals surface area contributed by atoms with Crippen LogP contribution in [-0.4, -0.2) is 24.9 Å². The Bertz CT molecular complexity index is 745. The zero-order chi connectivity index (χ0) is 15.5. The molecule has 0 spiro atoms. The standard InChI is InChI=1S/C16H12FNO4/c17-11-3-1-2-4-14(11)21-8-13(19)10-5-6-15-12(7-10)18-16(20)9-22-15/h1-7H,8-9H2,(H,18,20). The topological polar surface area (TPSA) is 64.6 Å². The predicted molar refractivity (Wildman–Crippen MR) is 76.8 cm³/mol. The van der Waals surface area contributed by atoms with Crippen LogP contribution >= 0.6 is 0 Å². The van der Waals surface area contributed by atoms with E-state index in [0.29, 0.717) is 17.0 Å². The van der Waals surface area contributed by atoms with Gasteiger partial charge in [0.25, 0.3) is 5.91 Å². The van der Waals surface area contributed by atoms with Crippen LogP contribution in [0.1, 0.15) is 10.4 Å². The molecule has 0 atom stereocenters.